The van der Waals surface area contributed by atoms with Crippen LogP contribution in [0.25, 0.3) is 16.0 Å². The Morgan fingerprint density at radius 1 is 1.27 bits per heavy atom. The van der Waals surface area contributed by atoms with Gasteiger partial charge in [-0.3, -0.25) is 13.8 Å². The summed E-state index contributed by atoms with van der Waals surface area (Å²) in [4.78, 5) is 16.7. The highest BCUT2D eigenvalue weighted by molar-refractivity contribution is 7.17. The van der Waals surface area contributed by atoms with Crippen LogP contribution in [0.2, 0.25) is 0 Å². The molecule has 0 aliphatic carbocycles. The monoisotopic (exact) mass is 373 g/mol. The van der Waals surface area contributed by atoms with Crippen molar-refractivity contribution in [2.45, 2.75) is 39.8 Å². The van der Waals surface area contributed by atoms with Gasteiger partial charge < -0.3 is 4.74 Å². The first kappa shape index (κ1) is 16.7. The molecule has 0 aliphatic heterocycles. The normalized spacial score (nSPS) is 12.3. The van der Waals surface area contributed by atoms with Crippen LogP contribution in [0, 0.1) is 6.92 Å². The van der Waals surface area contributed by atoms with E-state index in [-0.39, 0.29) is 17.7 Å². The number of aryl methyl sites for hydroxylation is 2. The molecule has 136 valence electrons. The molecular formula is C16H19N7O2S. The zero-order valence-corrected chi connectivity index (χ0v) is 16.0. The minimum Gasteiger partial charge on any atom is -0.455 e. The molecule has 0 fully saturated rings. The van der Waals surface area contributed by atoms with E-state index in [2.05, 4.69) is 20.3 Å². The lowest BCUT2D eigenvalue weighted by atomic mass is 10.1. The number of rotatable bonds is 3. The minimum absolute atomic E-state index is 0.0783. The van der Waals surface area contributed by atoms with Crippen molar-refractivity contribution in [2.24, 2.45) is 7.05 Å². The van der Waals surface area contributed by atoms with Crippen LogP contribution in [0.3, 0.4) is 0 Å². The highest BCUT2D eigenvalue weighted by atomic mass is 32.1. The topological polar surface area (TPSA) is 92.1 Å². The Morgan fingerprint density at radius 2 is 2.04 bits per heavy atom. The van der Waals surface area contributed by atoms with Crippen molar-refractivity contribution >= 4 is 27.3 Å². The van der Waals surface area contributed by atoms with Gasteiger partial charge in [0.05, 0.1) is 11.1 Å². The highest BCUT2D eigenvalue weighted by Gasteiger charge is 2.22. The number of fused-ring (bicyclic) bond motifs is 3. The Balaban J connectivity index is 1.77. The first-order chi connectivity index (χ1) is 12.3. The number of nitrogens with zero attached hydrogens (tertiary/aromatic N) is 7. The summed E-state index contributed by atoms with van der Waals surface area (Å²) >= 11 is 1.40. The van der Waals surface area contributed by atoms with Gasteiger partial charge in [-0.15, -0.1) is 21.5 Å². The molecular weight excluding hydrogens is 354 g/mol. The van der Waals surface area contributed by atoms with Gasteiger partial charge in [0.1, 0.15) is 4.70 Å². The summed E-state index contributed by atoms with van der Waals surface area (Å²) in [5.41, 5.74) is 0.448. The van der Waals surface area contributed by atoms with Gasteiger partial charge in [0, 0.05) is 7.05 Å². The molecule has 0 saturated carbocycles. The fourth-order valence-corrected chi connectivity index (χ4v) is 3.65. The predicted octanol–water partition coefficient (Wildman–Crippen LogP) is 1.88. The third kappa shape index (κ3) is 2.48. The quantitative estimate of drug-likeness (QED) is 0.544. The molecule has 0 atom stereocenters. The average Bonchev–Trinajstić information content (AvgIpc) is 3.27. The summed E-state index contributed by atoms with van der Waals surface area (Å²) in [5.74, 6) is 1.72. The molecule has 26 heavy (non-hydrogen) atoms. The zero-order valence-electron chi connectivity index (χ0n) is 15.2. The molecule has 0 aromatic carbocycles. The Labute approximate surface area is 152 Å². The van der Waals surface area contributed by atoms with Gasteiger partial charge in [-0.2, -0.15) is 10.1 Å². The van der Waals surface area contributed by atoms with E-state index in [0.717, 1.165) is 5.52 Å². The van der Waals surface area contributed by atoms with Crippen LogP contribution in [-0.4, -0.2) is 33.9 Å². The Morgan fingerprint density at radius 3 is 2.77 bits per heavy atom. The SMILES string of the molecule is Cc1nc(OCc2nnc3n(C)c(=O)c4sccc4n23)n(C(C)(C)C)n1. The molecule has 4 aromatic heterocycles. The molecule has 0 radical (unpaired) electrons. The van der Waals surface area contributed by atoms with Crippen molar-refractivity contribution in [3.63, 3.8) is 0 Å². The number of ether oxygens (including phenoxy) is 1. The van der Waals surface area contributed by atoms with Crippen LogP contribution >= 0.6 is 11.3 Å². The highest BCUT2D eigenvalue weighted by Crippen LogP contribution is 2.22. The Bertz CT molecular complexity index is 1180. The van der Waals surface area contributed by atoms with Gasteiger partial charge in [0.15, 0.2) is 18.3 Å². The van der Waals surface area contributed by atoms with Crippen molar-refractivity contribution < 1.29 is 4.74 Å². The molecule has 0 aliphatic rings. The number of hydrogen-bond acceptors (Lipinski definition) is 7. The molecule has 0 spiro atoms. The van der Waals surface area contributed by atoms with Crippen LogP contribution in [0.15, 0.2) is 16.2 Å². The number of thiophene rings is 1. The van der Waals surface area contributed by atoms with Crippen molar-refractivity contribution in [2.75, 3.05) is 0 Å². The lowest BCUT2D eigenvalue weighted by molar-refractivity contribution is 0.219. The van der Waals surface area contributed by atoms with E-state index in [1.807, 2.05) is 43.5 Å². The second-order valence-electron chi connectivity index (χ2n) is 7.06. The van der Waals surface area contributed by atoms with Crippen molar-refractivity contribution in [3.05, 3.63) is 33.4 Å². The summed E-state index contributed by atoms with van der Waals surface area (Å²) in [6.07, 6.45) is 0. The number of hydrogen-bond donors (Lipinski definition) is 0. The van der Waals surface area contributed by atoms with E-state index >= 15 is 0 Å². The standard InChI is InChI=1S/C16H19N7O2S/c1-9-17-15(23(20-9)16(2,3)4)25-8-11-18-19-14-21(5)13(24)12-10(22(11)14)6-7-26-12/h6-7H,8H2,1-5H3. The molecule has 0 bridgehead atoms. The third-order valence-corrected chi connectivity index (χ3v) is 4.94. The fraction of sp³-hybridized carbons (Fsp3) is 0.438. The van der Waals surface area contributed by atoms with E-state index in [1.165, 1.54) is 15.9 Å². The van der Waals surface area contributed by atoms with Gasteiger partial charge >= 0.3 is 6.01 Å². The molecule has 0 saturated heterocycles. The molecule has 0 N–H and O–H groups in total. The van der Waals surface area contributed by atoms with Crippen LogP contribution in [0.5, 0.6) is 6.01 Å². The largest absolute Gasteiger partial charge is 0.455 e. The predicted molar refractivity (Wildman–Crippen MR) is 97.7 cm³/mol. The van der Waals surface area contributed by atoms with Crippen molar-refractivity contribution in [1.29, 1.82) is 0 Å². The molecule has 0 unspecified atom stereocenters. The van der Waals surface area contributed by atoms with Crippen LogP contribution in [0.4, 0.5) is 0 Å². The zero-order chi connectivity index (χ0) is 18.6. The second-order valence-corrected chi connectivity index (χ2v) is 7.98. The van der Waals surface area contributed by atoms with Crippen LogP contribution < -0.4 is 10.3 Å². The van der Waals surface area contributed by atoms with E-state index in [4.69, 9.17) is 4.74 Å². The maximum Gasteiger partial charge on any atom is 0.315 e. The second kappa shape index (κ2) is 5.63. The van der Waals surface area contributed by atoms with Gasteiger partial charge in [0.2, 0.25) is 5.78 Å². The average molecular weight is 373 g/mol. The lowest BCUT2D eigenvalue weighted by Gasteiger charge is -2.20. The van der Waals surface area contributed by atoms with Crippen molar-refractivity contribution in [1.82, 2.24) is 33.9 Å². The molecule has 4 aromatic rings. The first-order valence-electron chi connectivity index (χ1n) is 8.14. The maximum absolute atomic E-state index is 12.4. The summed E-state index contributed by atoms with van der Waals surface area (Å²) in [5, 5.41) is 14.7. The van der Waals surface area contributed by atoms with Gasteiger partial charge in [-0.05, 0) is 39.1 Å². The van der Waals surface area contributed by atoms with Gasteiger partial charge in [-0.1, -0.05) is 0 Å². The lowest BCUT2D eigenvalue weighted by Crippen LogP contribution is -2.24. The molecule has 0 amide bonds. The first-order valence-corrected chi connectivity index (χ1v) is 9.02. The number of aromatic nitrogens is 7. The molecule has 9 nitrogen and oxygen atoms in total. The van der Waals surface area contributed by atoms with E-state index in [1.54, 1.807) is 11.7 Å². The van der Waals surface area contributed by atoms with Crippen LogP contribution in [-0.2, 0) is 19.2 Å². The van der Waals surface area contributed by atoms with E-state index in [0.29, 0.717) is 28.1 Å². The summed E-state index contributed by atoms with van der Waals surface area (Å²) in [6, 6.07) is 2.32. The molecule has 4 rings (SSSR count). The molecule has 4 heterocycles. The Hall–Kier alpha value is -2.75. The summed E-state index contributed by atoms with van der Waals surface area (Å²) < 4.78 is 11.7. The van der Waals surface area contributed by atoms with Gasteiger partial charge in [0.25, 0.3) is 5.56 Å². The Kier molecular flexibility index (Phi) is 3.62. The molecule has 10 heteroatoms. The summed E-state index contributed by atoms with van der Waals surface area (Å²) in [6.45, 7) is 8.09. The summed E-state index contributed by atoms with van der Waals surface area (Å²) in [7, 11) is 1.69. The fourth-order valence-electron chi connectivity index (χ4n) is 2.80. The van der Waals surface area contributed by atoms with Crippen LogP contribution in [0.1, 0.15) is 32.4 Å². The maximum atomic E-state index is 12.4. The van der Waals surface area contributed by atoms with E-state index < -0.39 is 0 Å². The van der Waals surface area contributed by atoms with Gasteiger partial charge in [-0.25, -0.2) is 4.68 Å². The third-order valence-electron chi connectivity index (χ3n) is 4.05. The minimum atomic E-state index is -0.256. The smallest absolute Gasteiger partial charge is 0.315 e. The van der Waals surface area contributed by atoms with Crippen molar-refractivity contribution in [3.8, 4) is 6.01 Å². The van der Waals surface area contributed by atoms with E-state index in [9.17, 15) is 4.79 Å².